The summed E-state index contributed by atoms with van der Waals surface area (Å²) >= 11 is 3.24. The van der Waals surface area contributed by atoms with Crippen LogP contribution in [0.2, 0.25) is 0 Å². The lowest BCUT2D eigenvalue weighted by molar-refractivity contribution is -0.274. The van der Waals surface area contributed by atoms with Crippen molar-refractivity contribution in [2.45, 2.75) is 31.9 Å². The number of imide groups is 1. The molecule has 0 aromatic heterocycles. The molecule has 2 unspecified atom stereocenters. The Morgan fingerprint density at radius 3 is 2.53 bits per heavy atom. The summed E-state index contributed by atoms with van der Waals surface area (Å²) in [6.07, 6.45) is -4.84. The Hall–Kier alpha value is -2.50. The van der Waals surface area contributed by atoms with Crippen molar-refractivity contribution in [1.82, 2.24) is 14.7 Å². The van der Waals surface area contributed by atoms with Gasteiger partial charge < -0.3 is 19.3 Å². The lowest BCUT2D eigenvalue weighted by Crippen LogP contribution is -2.70. The zero-order chi connectivity index (χ0) is 22.3. The standard InChI is InChI=1S/C18H20BrF3N4O4/c1-4-25-13-14(27)26(9-8-19)16(28)24(3)17(13,2)23-15(25)29-11-6-5-7-12(10-11)30-18(20,21)22/h5-7,10,13H,4,8-9H2,1-3H3. The molecule has 2 aliphatic heterocycles. The molecule has 0 radical (unpaired) electrons. The Kier molecular flexibility index (Phi) is 5.89. The number of alkyl halides is 4. The van der Waals surface area contributed by atoms with Crippen LogP contribution in [-0.2, 0) is 4.79 Å². The second-order valence-electron chi connectivity index (χ2n) is 6.82. The van der Waals surface area contributed by atoms with Gasteiger partial charge in [-0.2, -0.15) is 0 Å². The topological polar surface area (TPSA) is 74.7 Å². The average molecular weight is 493 g/mol. The lowest BCUT2D eigenvalue weighted by Gasteiger charge is -2.46. The third-order valence-corrected chi connectivity index (χ3v) is 5.35. The number of hydrogen-bond acceptors (Lipinski definition) is 6. The van der Waals surface area contributed by atoms with Crippen LogP contribution < -0.4 is 9.47 Å². The molecule has 1 aromatic carbocycles. The fourth-order valence-electron chi connectivity index (χ4n) is 3.50. The number of ether oxygens (including phenoxy) is 2. The van der Waals surface area contributed by atoms with E-state index in [4.69, 9.17) is 4.74 Å². The maximum Gasteiger partial charge on any atom is 0.573 e. The monoisotopic (exact) mass is 492 g/mol. The highest BCUT2D eigenvalue weighted by molar-refractivity contribution is 9.09. The molecule has 0 N–H and O–H groups in total. The molecule has 30 heavy (non-hydrogen) atoms. The second kappa shape index (κ2) is 7.97. The SMILES string of the molecule is CCN1C(Oc2cccc(OC(F)(F)F)c2)=NC2(C)C1C(=O)N(CCBr)C(=O)N2C. The number of aliphatic imine (C=N–C) groups is 1. The Balaban J connectivity index is 1.92. The van der Waals surface area contributed by atoms with E-state index in [1.807, 2.05) is 0 Å². The van der Waals surface area contributed by atoms with E-state index in [0.717, 1.165) is 17.0 Å². The van der Waals surface area contributed by atoms with Gasteiger partial charge in [0.1, 0.15) is 11.5 Å². The minimum Gasteiger partial charge on any atom is -0.426 e. The predicted octanol–water partition coefficient (Wildman–Crippen LogP) is 3.03. The van der Waals surface area contributed by atoms with Crippen LogP contribution in [0, 0.1) is 0 Å². The molecular weight excluding hydrogens is 473 g/mol. The van der Waals surface area contributed by atoms with Crippen molar-refractivity contribution in [2.24, 2.45) is 4.99 Å². The molecule has 1 aromatic rings. The summed E-state index contributed by atoms with van der Waals surface area (Å²) in [5, 5.41) is 0.421. The average Bonchev–Trinajstić information content (AvgIpc) is 2.95. The first-order valence-electron chi connectivity index (χ1n) is 9.07. The van der Waals surface area contributed by atoms with E-state index in [9.17, 15) is 22.8 Å². The molecule has 3 rings (SSSR count). The van der Waals surface area contributed by atoms with Crippen molar-refractivity contribution < 1.29 is 32.2 Å². The quantitative estimate of drug-likeness (QED) is 0.590. The van der Waals surface area contributed by atoms with Crippen LogP contribution in [0.15, 0.2) is 29.3 Å². The number of rotatable bonds is 5. The minimum atomic E-state index is -4.84. The van der Waals surface area contributed by atoms with E-state index < -0.39 is 35.8 Å². The Labute approximate surface area is 179 Å². The number of nitrogens with zero attached hydrogens (tertiary/aromatic N) is 4. The Morgan fingerprint density at radius 1 is 1.27 bits per heavy atom. The minimum absolute atomic E-state index is 0.0304. The summed E-state index contributed by atoms with van der Waals surface area (Å²) in [7, 11) is 1.54. The number of amides is 3. The van der Waals surface area contributed by atoms with Gasteiger partial charge in [-0.15, -0.1) is 13.2 Å². The van der Waals surface area contributed by atoms with E-state index in [0.29, 0.717) is 11.9 Å². The maximum absolute atomic E-state index is 13.1. The third-order valence-electron chi connectivity index (χ3n) is 4.99. The van der Waals surface area contributed by atoms with Crippen LogP contribution in [-0.4, -0.2) is 76.2 Å². The van der Waals surface area contributed by atoms with Crippen LogP contribution in [0.5, 0.6) is 11.5 Å². The lowest BCUT2D eigenvalue weighted by atomic mass is 9.97. The molecule has 1 saturated heterocycles. The molecule has 3 amide bonds. The molecule has 2 atom stereocenters. The molecule has 2 heterocycles. The number of urea groups is 1. The smallest absolute Gasteiger partial charge is 0.426 e. The first kappa shape index (κ1) is 22.2. The number of halogens is 4. The summed E-state index contributed by atoms with van der Waals surface area (Å²) in [6, 6.07) is 3.72. The largest absolute Gasteiger partial charge is 0.573 e. The van der Waals surface area contributed by atoms with E-state index >= 15 is 0 Å². The molecule has 0 bridgehead atoms. The van der Waals surface area contributed by atoms with Gasteiger partial charge in [0.25, 0.3) is 11.9 Å². The van der Waals surface area contributed by atoms with Crippen LogP contribution in [0.3, 0.4) is 0 Å². The fourth-order valence-corrected chi connectivity index (χ4v) is 3.85. The van der Waals surface area contributed by atoms with E-state index in [1.165, 1.54) is 17.0 Å². The highest BCUT2D eigenvalue weighted by Crippen LogP contribution is 2.37. The van der Waals surface area contributed by atoms with Gasteiger partial charge in [0, 0.05) is 31.5 Å². The molecule has 12 heteroatoms. The number of hydrogen-bond donors (Lipinski definition) is 0. The molecule has 2 aliphatic rings. The predicted molar refractivity (Wildman–Crippen MR) is 104 cm³/mol. The van der Waals surface area contributed by atoms with Gasteiger partial charge in [-0.1, -0.05) is 22.0 Å². The van der Waals surface area contributed by atoms with Crippen molar-refractivity contribution in [2.75, 3.05) is 25.5 Å². The zero-order valence-corrected chi connectivity index (χ0v) is 18.0. The van der Waals surface area contributed by atoms with Gasteiger partial charge in [0.05, 0.1) is 0 Å². The van der Waals surface area contributed by atoms with Gasteiger partial charge in [-0.25, -0.2) is 9.79 Å². The van der Waals surface area contributed by atoms with E-state index in [1.54, 1.807) is 25.8 Å². The van der Waals surface area contributed by atoms with Gasteiger partial charge in [0.2, 0.25) is 0 Å². The number of fused-ring (bicyclic) bond motifs is 1. The third kappa shape index (κ3) is 3.92. The van der Waals surface area contributed by atoms with E-state index in [-0.39, 0.29) is 18.3 Å². The summed E-state index contributed by atoms with van der Waals surface area (Å²) in [5.41, 5.74) is -1.22. The van der Waals surface area contributed by atoms with Crippen molar-refractivity contribution in [3.63, 3.8) is 0 Å². The number of carbonyl (C=O) groups is 2. The van der Waals surface area contributed by atoms with E-state index in [2.05, 4.69) is 25.7 Å². The molecule has 1 fully saturated rings. The zero-order valence-electron chi connectivity index (χ0n) is 16.4. The number of amidine groups is 1. The maximum atomic E-state index is 13.1. The summed E-state index contributed by atoms with van der Waals surface area (Å²) in [5.74, 6) is -0.814. The van der Waals surface area contributed by atoms with Crippen LogP contribution >= 0.6 is 15.9 Å². The van der Waals surface area contributed by atoms with Crippen LogP contribution in [0.4, 0.5) is 18.0 Å². The highest BCUT2D eigenvalue weighted by atomic mass is 79.9. The summed E-state index contributed by atoms with van der Waals surface area (Å²) in [6.45, 7) is 3.94. The van der Waals surface area contributed by atoms with Gasteiger partial charge in [-0.05, 0) is 26.0 Å². The normalized spacial score (nSPS) is 24.2. The van der Waals surface area contributed by atoms with Crippen molar-refractivity contribution in [3.05, 3.63) is 24.3 Å². The van der Waals surface area contributed by atoms with Gasteiger partial charge in [-0.3, -0.25) is 9.69 Å². The first-order valence-corrected chi connectivity index (χ1v) is 10.2. The Morgan fingerprint density at radius 2 is 1.93 bits per heavy atom. The second-order valence-corrected chi connectivity index (χ2v) is 7.62. The summed E-state index contributed by atoms with van der Waals surface area (Å²) in [4.78, 5) is 34.3. The van der Waals surface area contributed by atoms with Crippen molar-refractivity contribution in [1.29, 1.82) is 0 Å². The molecule has 0 saturated carbocycles. The highest BCUT2D eigenvalue weighted by Gasteiger charge is 2.59. The fraction of sp³-hybridized carbons (Fsp3) is 0.500. The molecule has 0 spiro atoms. The number of benzene rings is 1. The van der Waals surface area contributed by atoms with Gasteiger partial charge in [0.15, 0.2) is 11.7 Å². The Bertz CT molecular complexity index is 881. The molecule has 0 aliphatic carbocycles. The van der Waals surface area contributed by atoms with Gasteiger partial charge >= 0.3 is 12.4 Å². The van der Waals surface area contributed by atoms with Crippen molar-refractivity contribution >= 4 is 33.9 Å². The summed E-state index contributed by atoms with van der Waals surface area (Å²) < 4.78 is 47.1. The number of likely N-dealkylation sites (N-methyl/N-ethyl adjacent to an activating group) is 2. The molecule has 8 nitrogen and oxygen atoms in total. The van der Waals surface area contributed by atoms with Crippen LogP contribution in [0.1, 0.15) is 13.8 Å². The van der Waals surface area contributed by atoms with Crippen molar-refractivity contribution in [3.8, 4) is 11.5 Å². The first-order chi connectivity index (χ1) is 14.0. The molecule has 164 valence electrons. The molecular formula is C18H20BrF3N4O4. The van der Waals surface area contributed by atoms with Crippen LogP contribution in [0.25, 0.3) is 0 Å². The number of carbonyl (C=O) groups excluding carboxylic acids is 2.